The van der Waals surface area contributed by atoms with Gasteiger partial charge in [0.25, 0.3) is 0 Å². The molecule has 0 unspecified atom stereocenters. The highest BCUT2D eigenvalue weighted by molar-refractivity contribution is 7.10. The molecule has 2 aromatic rings. The van der Waals surface area contributed by atoms with E-state index in [9.17, 15) is 10.1 Å². The zero-order valence-electron chi connectivity index (χ0n) is 9.84. The Kier molecular flexibility index (Phi) is 3.47. The Bertz CT molecular complexity index is 580. The van der Waals surface area contributed by atoms with Gasteiger partial charge in [-0.15, -0.1) is 11.3 Å². The number of rotatable bonds is 4. The number of thiophene rings is 1. The average molecular weight is 263 g/mol. The molecule has 0 fully saturated rings. The predicted molar refractivity (Wildman–Crippen MR) is 73.9 cm³/mol. The number of nitro benzene ring substituents is 1. The van der Waals surface area contributed by atoms with Crippen molar-refractivity contribution >= 4 is 28.4 Å². The van der Waals surface area contributed by atoms with Crippen molar-refractivity contribution in [2.24, 2.45) is 0 Å². The number of nitro groups is 1. The fourth-order valence-corrected chi connectivity index (χ4v) is 2.51. The Morgan fingerprint density at radius 3 is 2.83 bits per heavy atom. The van der Waals surface area contributed by atoms with Crippen LogP contribution in [0, 0.1) is 17.0 Å². The van der Waals surface area contributed by atoms with Crippen LogP contribution in [0.15, 0.2) is 29.6 Å². The lowest BCUT2D eigenvalue weighted by molar-refractivity contribution is -0.383. The lowest BCUT2D eigenvalue weighted by Gasteiger charge is -2.07. The van der Waals surface area contributed by atoms with E-state index < -0.39 is 4.92 Å². The van der Waals surface area contributed by atoms with Gasteiger partial charge in [-0.2, -0.15) is 0 Å². The third kappa shape index (κ3) is 2.43. The van der Waals surface area contributed by atoms with Gasteiger partial charge in [0.05, 0.1) is 4.92 Å². The minimum absolute atomic E-state index is 0.0632. The van der Waals surface area contributed by atoms with Crippen molar-refractivity contribution in [2.45, 2.75) is 13.5 Å². The van der Waals surface area contributed by atoms with Gasteiger partial charge in [-0.3, -0.25) is 10.1 Å². The summed E-state index contributed by atoms with van der Waals surface area (Å²) >= 11 is 1.62. The second-order valence-corrected chi connectivity index (χ2v) is 4.88. The van der Waals surface area contributed by atoms with Gasteiger partial charge >= 0.3 is 5.69 Å². The normalized spacial score (nSPS) is 10.3. The Labute approximate surface area is 108 Å². The first-order valence-electron chi connectivity index (χ1n) is 5.39. The third-order valence-corrected chi connectivity index (χ3v) is 3.68. The van der Waals surface area contributed by atoms with E-state index in [-0.39, 0.29) is 11.4 Å². The molecular formula is C12H13N3O2S. The van der Waals surface area contributed by atoms with E-state index in [0.717, 1.165) is 4.88 Å². The highest BCUT2D eigenvalue weighted by atomic mass is 32.1. The number of anilines is 2. The van der Waals surface area contributed by atoms with Crippen LogP contribution in [-0.4, -0.2) is 4.92 Å². The number of aryl methyl sites for hydroxylation is 1. The first kappa shape index (κ1) is 12.4. The minimum Gasteiger partial charge on any atom is -0.393 e. The van der Waals surface area contributed by atoms with E-state index in [2.05, 4.69) is 5.32 Å². The average Bonchev–Trinajstić information content (AvgIpc) is 2.71. The van der Waals surface area contributed by atoms with Crippen molar-refractivity contribution in [3.8, 4) is 0 Å². The van der Waals surface area contributed by atoms with Crippen LogP contribution in [0.5, 0.6) is 0 Å². The molecule has 18 heavy (non-hydrogen) atoms. The van der Waals surface area contributed by atoms with E-state index in [1.54, 1.807) is 23.5 Å². The first-order valence-corrected chi connectivity index (χ1v) is 6.27. The molecule has 0 saturated carbocycles. The number of hydrogen-bond acceptors (Lipinski definition) is 5. The highest BCUT2D eigenvalue weighted by Crippen LogP contribution is 2.31. The number of benzene rings is 1. The monoisotopic (exact) mass is 263 g/mol. The molecule has 0 saturated heterocycles. The van der Waals surface area contributed by atoms with Gasteiger partial charge in [-0.1, -0.05) is 6.07 Å². The second kappa shape index (κ2) is 5.05. The van der Waals surface area contributed by atoms with Crippen molar-refractivity contribution in [3.05, 3.63) is 50.2 Å². The molecule has 1 heterocycles. The summed E-state index contributed by atoms with van der Waals surface area (Å²) in [6, 6.07) is 6.92. The van der Waals surface area contributed by atoms with Crippen molar-refractivity contribution in [1.29, 1.82) is 0 Å². The molecule has 0 amide bonds. The summed E-state index contributed by atoms with van der Waals surface area (Å²) in [4.78, 5) is 11.7. The molecule has 5 nitrogen and oxygen atoms in total. The van der Waals surface area contributed by atoms with Crippen molar-refractivity contribution < 1.29 is 4.92 Å². The molecule has 0 bridgehead atoms. The zero-order chi connectivity index (χ0) is 13.1. The fourth-order valence-electron chi connectivity index (χ4n) is 1.67. The maximum Gasteiger partial charge on any atom is 0.314 e. The van der Waals surface area contributed by atoms with E-state index >= 15 is 0 Å². The highest BCUT2D eigenvalue weighted by Gasteiger charge is 2.17. The number of para-hydroxylation sites is 1. The molecule has 0 aliphatic carbocycles. The number of hydrogen-bond donors (Lipinski definition) is 2. The fraction of sp³-hybridized carbons (Fsp3) is 0.167. The molecular weight excluding hydrogens is 250 g/mol. The zero-order valence-corrected chi connectivity index (χ0v) is 10.7. The standard InChI is InChI=1S/C12H13N3O2S/c1-8-5-6-18-11(8)7-14-10-4-2-3-9(13)12(10)15(16)17/h2-6,14H,7,13H2,1H3. The number of nitrogens with one attached hydrogen (secondary N) is 1. The van der Waals surface area contributed by atoms with Crippen LogP contribution in [-0.2, 0) is 6.54 Å². The van der Waals surface area contributed by atoms with Crippen LogP contribution in [0.4, 0.5) is 17.1 Å². The molecule has 1 aromatic heterocycles. The lowest BCUT2D eigenvalue weighted by Crippen LogP contribution is -2.04. The van der Waals surface area contributed by atoms with Crippen LogP contribution < -0.4 is 11.1 Å². The molecule has 94 valence electrons. The molecule has 0 atom stereocenters. The Hall–Kier alpha value is -2.08. The number of nitrogens with zero attached hydrogens (tertiary/aromatic N) is 1. The minimum atomic E-state index is -0.459. The van der Waals surface area contributed by atoms with E-state index in [1.165, 1.54) is 11.6 Å². The topological polar surface area (TPSA) is 81.2 Å². The van der Waals surface area contributed by atoms with Gasteiger partial charge in [-0.25, -0.2) is 0 Å². The summed E-state index contributed by atoms with van der Waals surface area (Å²) in [5.41, 5.74) is 7.36. The predicted octanol–water partition coefficient (Wildman–Crippen LogP) is 3.16. The Balaban J connectivity index is 2.22. The molecule has 0 spiro atoms. The van der Waals surface area contributed by atoms with Gasteiger partial charge in [0.15, 0.2) is 0 Å². The van der Waals surface area contributed by atoms with Crippen LogP contribution >= 0.6 is 11.3 Å². The molecule has 0 aliphatic heterocycles. The van der Waals surface area contributed by atoms with Gasteiger partial charge in [-0.05, 0) is 36.1 Å². The summed E-state index contributed by atoms with van der Waals surface area (Å²) in [6.45, 7) is 2.58. The number of nitrogens with two attached hydrogens (primary N) is 1. The quantitative estimate of drug-likeness (QED) is 0.504. The van der Waals surface area contributed by atoms with Crippen LogP contribution in [0.1, 0.15) is 10.4 Å². The van der Waals surface area contributed by atoms with Gasteiger partial charge in [0.2, 0.25) is 0 Å². The maximum absolute atomic E-state index is 11.0. The van der Waals surface area contributed by atoms with E-state index in [4.69, 9.17) is 5.73 Å². The summed E-state index contributed by atoms with van der Waals surface area (Å²) in [6.07, 6.45) is 0. The summed E-state index contributed by atoms with van der Waals surface area (Å²) in [5.74, 6) is 0. The van der Waals surface area contributed by atoms with E-state index in [0.29, 0.717) is 12.2 Å². The summed E-state index contributed by atoms with van der Waals surface area (Å²) < 4.78 is 0. The van der Waals surface area contributed by atoms with E-state index in [1.807, 2.05) is 18.4 Å². The Morgan fingerprint density at radius 2 is 2.22 bits per heavy atom. The molecule has 0 radical (unpaired) electrons. The Morgan fingerprint density at radius 1 is 1.44 bits per heavy atom. The first-order chi connectivity index (χ1) is 8.59. The molecule has 3 N–H and O–H groups in total. The smallest absolute Gasteiger partial charge is 0.314 e. The molecule has 1 aromatic carbocycles. The number of nitrogen functional groups attached to an aromatic ring is 1. The van der Waals surface area contributed by atoms with Crippen LogP contribution in [0.25, 0.3) is 0 Å². The van der Waals surface area contributed by atoms with Crippen molar-refractivity contribution in [3.63, 3.8) is 0 Å². The van der Waals surface area contributed by atoms with Gasteiger partial charge in [0.1, 0.15) is 11.4 Å². The molecule has 0 aliphatic rings. The molecule has 2 rings (SSSR count). The third-order valence-electron chi connectivity index (χ3n) is 2.66. The second-order valence-electron chi connectivity index (χ2n) is 3.88. The SMILES string of the molecule is Cc1ccsc1CNc1cccc(N)c1[N+](=O)[O-]. The molecule has 6 heteroatoms. The lowest BCUT2D eigenvalue weighted by atomic mass is 10.2. The van der Waals surface area contributed by atoms with Crippen molar-refractivity contribution in [1.82, 2.24) is 0 Å². The van der Waals surface area contributed by atoms with Gasteiger partial charge in [0, 0.05) is 11.4 Å². The van der Waals surface area contributed by atoms with Gasteiger partial charge < -0.3 is 11.1 Å². The van der Waals surface area contributed by atoms with Crippen LogP contribution in [0.3, 0.4) is 0 Å². The summed E-state index contributed by atoms with van der Waals surface area (Å²) in [7, 11) is 0. The summed E-state index contributed by atoms with van der Waals surface area (Å²) in [5, 5.41) is 16.0. The maximum atomic E-state index is 11.0. The van der Waals surface area contributed by atoms with Crippen LogP contribution in [0.2, 0.25) is 0 Å². The van der Waals surface area contributed by atoms with Crippen molar-refractivity contribution in [2.75, 3.05) is 11.1 Å². The largest absolute Gasteiger partial charge is 0.393 e.